The van der Waals surface area contributed by atoms with Crippen LogP contribution in [0.2, 0.25) is 0 Å². The summed E-state index contributed by atoms with van der Waals surface area (Å²) in [5.41, 5.74) is 0. The fourth-order valence-corrected chi connectivity index (χ4v) is 0.272. The van der Waals surface area contributed by atoms with E-state index >= 15 is 0 Å². The lowest BCUT2D eigenvalue weighted by atomic mass is 10.5. The second-order valence-corrected chi connectivity index (χ2v) is 1.38. The molecule has 0 rings (SSSR count). The molecular formula is C6H9FO4. The highest BCUT2D eigenvalue weighted by molar-refractivity contribution is 5.91. The van der Waals surface area contributed by atoms with Crippen molar-refractivity contribution in [3.8, 4) is 0 Å². The summed E-state index contributed by atoms with van der Waals surface area (Å²) in [5, 5.41) is 0. The number of hydrogen-bond acceptors (Lipinski definition) is 4. The van der Waals surface area contributed by atoms with Crippen LogP contribution in [0.1, 0.15) is 0 Å². The summed E-state index contributed by atoms with van der Waals surface area (Å²) in [7, 11) is 2.45. The van der Waals surface area contributed by atoms with Crippen molar-refractivity contribution < 1.29 is 23.8 Å². The lowest BCUT2D eigenvalue weighted by Crippen LogP contribution is -1.98. The Balaban J connectivity index is 0. The zero-order chi connectivity index (χ0) is 7.98. The van der Waals surface area contributed by atoms with Crippen molar-refractivity contribution in [2.45, 2.75) is 0 Å². The summed E-state index contributed by atoms with van der Waals surface area (Å²) in [4.78, 5) is 20.6. The molecule has 0 aliphatic heterocycles. The highest BCUT2D eigenvalue weighted by Gasteiger charge is 1.94. The van der Waals surface area contributed by atoms with Gasteiger partial charge in [-0.3, -0.25) is 4.70 Å². The van der Waals surface area contributed by atoms with Crippen molar-refractivity contribution in [3.05, 3.63) is 12.2 Å². The fraction of sp³-hybridized carbons (Fsp3) is 0.333. The molecule has 0 spiro atoms. The third-order valence-electron chi connectivity index (χ3n) is 0.758. The van der Waals surface area contributed by atoms with Gasteiger partial charge in [-0.05, 0) is 0 Å². The molecule has 0 N–H and O–H groups in total. The number of ether oxygens (including phenoxy) is 2. The van der Waals surface area contributed by atoms with Gasteiger partial charge in [0.15, 0.2) is 0 Å². The molecule has 64 valence electrons. The van der Waals surface area contributed by atoms with E-state index < -0.39 is 11.9 Å². The van der Waals surface area contributed by atoms with Crippen LogP contribution in [0.25, 0.3) is 0 Å². The van der Waals surface area contributed by atoms with Gasteiger partial charge in [-0.15, -0.1) is 0 Å². The summed E-state index contributed by atoms with van der Waals surface area (Å²) in [6.45, 7) is 0. The fourth-order valence-electron chi connectivity index (χ4n) is 0.272. The largest absolute Gasteiger partial charge is 0.466 e. The van der Waals surface area contributed by atoms with Crippen LogP contribution >= 0.6 is 0 Å². The maximum Gasteiger partial charge on any atom is 0.330 e. The molecule has 4 nitrogen and oxygen atoms in total. The van der Waals surface area contributed by atoms with Gasteiger partial charge in [0, 0.05) is 12.2 Å². The molecule has 0 radical (unpaired) electrons. The van der Waals surface area contributed by atoms with Crippen molar-refractivity contribution in [2.75, 3.05) is 14.2 Å². The number of hydrogen-bond donors (Lipinski definition) is 0. The molecule has 0 aromatic rings. The van der Waals surface area contributed by atoms with Gasteiger partial charge >= 0.3 is 11.9 Å². The number of methoxy groups -OCH3 is 2. The van der Waals surface area contributed by atoms with E-state index in [-0.39, 0.29) is 4.70 Å². The van der Waals surface area contributed by atoms with Crippen LogP contribution in [0.15, 0.2) is 12.2 Å². The third kappa shape index (κ3) is 6.50. The molecule has 0 saturated heterocycles. The van der Waals surface area contributed by atoms with Gasteiger partial charge < -0.3 is 9.47 Å². The zero-order valence-electron chi connectivity index (χ0n) is 6.20. The summed E-state index contributed by atoms with van der Waals surface area (Å²) in [6, 6.07) is 0. The lowest BCUT2D eigenvalue weighted by Gasteiger charge is -1.89. The predicted octanol–water partition coefficient (Wildman–Crippen LogP) is 0.0411. The summed E-state index contributed by atoms with van der Waals surface area (Å²) in [6.07, 6.45) is 1.98. The maximum atomic E-state index is 10.3. The molecule has 0 atom stereocenters. The number of carbonyl (C=O) groups excluding carboxylic acids is 2. The van der Waals surface area contributed by atoms with Crippen LogP contribution < -0.4 is 0 Å². The van der Waals surface area contributed by atoms with Gasteiger partial charge in [0.1, 0.15) is 0 Å². The Bertz CT molecular complexity index is 146. The lowest BCUT2D eigenvalue weighted by molar-refractivity contribution is -0.137. The molecule has 0 saturated carbocycles. The monoisotopic (exact) mass is 164 g/mol. The van der Waals surface area contributed by atoms with E-state index in [2.05, 4.69) is 9.47 Å². The van der Waals surface area contributed by atoms with Crippen LogP contribution in [0.3, 0.4) is 0 Å². The molecule has 0 heterocycles. The minimum atomic E-state index is -0.578. The van der Waals surface area contributed by atoms with E-state index in [1.54, 1.807) is 0 Å². The van der Waals surface area contributed by atoms with Crippen molar-refractivity contribution in [1.29, 1.82) is 0 Å². The third-order valence-corrected chi connectivity index (χ3v) is 0.758. The number of halogens is 1. The molecular weight excluding hydrogens is 155 g/mol. The first kappa shape index (κ1) is 12.3. The Labute approximate surface area is 63.2 Å². The van der Waals surface area contributed by atoms with Crippen LogP contribution in [0.5, 0.6) is 0 Å². The minimum absolute atomic E-state index is 0. The average Bonchev–Trinajstić information content (AvgIpc) is 1.99. The van der Waals surface area contributed by atoms with E-state index in [0.717, 1.165) is 12.2 Å². The maximum absolute atomic E-state index is 10.3. The standard InChI is InChI=1S/C6H8O4.FH/c1-9-5(7)3-4-6(8)10-2;/h3-4H,1-2H3;1H/b4-3-;. The molecule has 11 heavy (non-hydrogen) atoms. The summed E-state index contributed by atoms with van der Waals surface area (Å²) in [5.74, 6) is -1.16. The molecule has 0 bridgehead atoms. The van der Waals surface area contributed by atoms with Crippen LogP contribution in [-0.4, -0.2) is 26.2 Å². The van der Waals surface area contributed by atoms with Crippen molar-refractivity contribution in [3.63, 3.8) is 0 Å². The molecule has 0 aliphatic carbocycles. The number of carbonyl (C=O) groups is 2. The second kappa shape index (κ2) is 6.73. The Morgan fingerprint density at radius 1 is 1.00 bits per heavy atom. The van der Waals surface area contributed by atoms with Gasteiger partial charge in [0.25, 0.3) is 0 Å². The first-order valence-electron chi connectivity index (χ1n) is 2.54. The Morgan fingerprint density at radius 3 is 1.45 bits per heavy atom. The van der Waals surface area contributed by atoms with Gasteiger partial charge in [-0.25, -0.2) is 9.59 Å². The van der Waals surface area contributed by atoms with Gasteiger partial charge in [-0.1, -0.05) is 0 Å². The van der Waals surface area contributed by atoms with Crippen LogP contribution in [0, 0.1) is 0 Å². The first-order chi connectivity index (χ1) is 4.70. The Kier molecular flexibility index (Phi) is 7.52. The molecule has 0 unspecified atom stereocenters. The highest BCUT2D eigenvalue weighted by Crippen LogP contribution is 1.80. The van der Waals surface area contributed by atoms with Gasteiger partial charge in [0.2, 0.25) is 0 Å². The van der Waals surface area contributed by atoms with E-state index in [9.17, 15) is 9.59 Å². The molecule has 0 amide bonds. The SMILES string of the molecule is COC(=O)/C=C\C(=O)OC.F. The van der Waals surface area contributed by atoms with E-state index in [1.165, 1.54) is 14.2 Å². The van der Waals surface area contributed by atoms with Crippen LogP contribution in [0.4, 0.5) is 4.70 Å². The summed E-state index contributed by atoms with van der Waals surface area (Å²) >= 11 is 0. The molecule has 5 heteroatoms. The quantitative estimate of drug-likeness (QED) is 0.427. The molecule has 0 aromatic carbocycles. The van der Waals surface area contributed by atoms with Crippen LogP contribution in [-0.2, 0) is 19.1 Å². The highest BCUT2D eigenvalue weighted by atomic mass is 19.0. The number of rotatable bonds is 2. The number of esters is 2. The first-order valence-corrected chi connectivity index (χ1v) is 2.54. The second-order valence-electron chi connectivity index (χ2n) is 1.38. The minimum Gasteiger partial charge on any atom is -0.466 e. The van der Waals surface area contributed by atoms with Crippen molar-refractivity contribution in [2.24, 2.45) is 0 Å². The predicted molar refractivity (Wildman–Crippen MR) is 35.7 cm³/mol. The molecule has 0 fully saturated rings. The van der Waals surface area contributed by atoms with Crippen molar-refractivity contribution >= 4 is 11.9 Å². The molecule has 0 aromatic heterocycles. The average molecular weight is 164 g/mol. The zero-order valence-corrected chi connectivity index (χ0v) is 6.20. The summed E-state index contributed by atoms with van der Waals surface area (Å²) < 4.78 is 8.42. The van der Waals surface area contributed by atoms with Crippen molar-refractivity contribution in [1.82, 2.24) is 0 Å². The van der Waals surface area contributed by atoms with Gasteiger partial charge in [0.05, 0.1) is 14.2 Å². The topological polar surface area (TPSA) is 52.6 Å². The van der Waals surface area contributed by atoms with Gasteiger partial charge in [-0.2, -0.15) is 0 Å². The van der Waals surface area contributed by atoms with E-state index in [0.29, 0.717) is 0 Å². The Hall–Kier alpha value is -1.39. The molecule has 0 aliphatic rings. The van der Waals surface area contributed by atoms with E-state index in [4.69, 9.17) is 0 Å². The van der Waals surface area contributed by atoms with E-state index in [1.807, 2.05) is 0 Å². The Morgan fingerprint density at radius 2 is 1.27 bits per heavy atom. The normalized spacial score (nSPS) is 8.55. The smallest absolute Gasteiger partial charge is 0.330 e.